The van der Waals surface area contributed by atoms with E-state index in [1.807, 2.05) is 170 Å². The first-order valence-corrected chi connectivity index (χ1v) is 20.3. The molecule has 0 atom stereocenters. The van der Waals surface area contributed by atoms with E-state index in [1.54, 1.807) is 0 Å². The summed E-state index contributed by atoms with van der Waals surface area (Å²) in [5.41, 5.74) is 8.67. The summed E-state index contributed by atoms with van der Waals surface area (Å²) >= 11 is 0. The number of benzene rings is 9. The molecule has 0 saturated heterocycles. The first kappa shape index (κ1) is 29.7. The molecule has 0 N–H and O–H groups in total. The molecule has 290 valence electrons. The highest BCUT2D eigenvalue weighted by atomic mass is 16.3. The second kappa shape index (κ2) is 14.7. The summed E-state index contributed by atoms with van der Waals surface area (Å²) in [5.74, 6) is 0.513. The van der Waals surface area contributed by atoms with Crippen LogP contribution in [-0.4, -0.2) is 15.0 Å². The van der Waals surface area contributed by atoms with E-state index in [0.717, 1.165) is 49.7 Å². The molecule has 62 heavy (non-hydrogen) atoms. The Hall–Kier alpha value is -8.41. The minimum absolute atomic E-state index is 0.0255. The van der Waals surface area contributed by atoms with E-state index in [1.165, 1.54) is 0 Å². The summed E-state index contributed by atoms with van der Waals surface area (Å²) in [6.07, 6.45) is 0. The Morgan fingerprint density at radius 3 is 1.53 bits per heavy atom. The summed E-state index contributed by atoms with van der Waals surface area (Å²) in [7, 11) is 0. The van der Waals surface area contributed by atoms with Crippen molar-refractivity contribution in [1.82, 2.24) is 15.0 Å². The Labute approximate surface area is 365 Å². The molecule has 5 nitrogen and oxygen atoms in total. The van der Waals surface area contributed by atoms with E-state index in [2.05, 4.69) is 6.07 Å². The van der Waals surface area contributed by atoms with Crippen molar-refractivity contribution in [3.8, 4) is 78.7 Å². The van der Waals surface area contributed by atoms with Crippen LogP contribution in [0.15, 0.2) is 221 Å². The molecular weight excluding hydrogens is 759 g/mol. The molecule has 0 spiro atoms. The van der Waals surface area contributed by atoms with Crippen molar-refractivity contribution in [3.63, 3.8) is 0 Å². The highest BCUT2D eigenvalue weighted by Crippen LogP contribution is 2.42. The first-order chi connectivity index (χ1) is 33.2. The molecule has 5 heteroatoms. The van der Waals surface area contributed by atoms with Gasteiger partial charge in [-0.3, -0.25) is 0 Å². The third-order valence-corrected chi connectivity index (χ3v) is 11.2. The van der Waals surface area contributed by atoms with Crippen LogP contribution < -0.4 is 0 Å². The zero-order chi connectivity index (χ0) is 46.2. The second-order valence-corrected chi connectivity index (χ2v) is 15.1. The molecular formula is C57H35N3O2. The number of hydrogen-bond acceptors (Lipinski definition) is 5. The topological polar surface area (TPSA) is 65.0 Å². The number of hydrogen-bond donors (Lipinski definition) is 0. The van der Waals surface area contributed by atoms with E-state index < -0.39 is 0 Å². The lowest BCUT2D eigenvalue weighted by Gasteiger charge is -2.12. The second-order valence-electron chi connectivity index (χ2n) is 15.1. The van der Waals surface area contributed by atoms with E-state index in [-0.39, 0.29) is 86.8 Å². The van der Waals surface area contributed by atoms with Crippen LogP contribution in [0, 0.1) is 0 Å². The van der Waals surface area contributed by atoms with Crippen LogP contribution in [0.2, 0.25) is 0 Å². The molecule has 3 heterocycles. The fraction of sp³-hybridized carbons (Fsp3) is 0. The van der Waals surface area contributed by atoms with Crippen molar-refractivity contribution in [1.29, 1.82) is 0 Å². The maximum atomic E-state index is 9.79. The largest absolute Gasteiger partial charge is 0.456 e. The molecule has 0 aliphatic rings. The molecule has 9 aromatic carbocycles. The Morgan fingerprint density at radius 1 is 0.323 bits per heavy atom. The maximum absolute atomic E-state index is 9.79. The first-order valence-electron chi connectivity index (χ1n) is 23.3. The molecule has 0 saturated carbocycles. The van der Waals surface area contributed by atoms with Crippen LogP contribution in [0.4, 0.5) is 0 Å². The Balaban J connectivity index is 1.11. The zero-order valence-corrected chi connectivity index (χ0v) is 32.9. The predicted molar refractivity (Wildman–Crippen MR) is 252 cm³/mol. The number of nitrogens with zero attached hydrogens (tertiary/aromatic N) is 3. The number of fused-ring (bicyclic) bond motifs is 6. The number of rotatable bonds is 7. The summed E-state index contributed by atoms with van der Waals surface area (Å²) in [5, 5.41) is 2.20. The van der Waals surface area contributed by atoms with Crippen molar-refractivity contribution in [3.05, 3.63) is 212 Å². The van der Waals surface area contributed by atoms with Gasteiger partial charge in [-0.1, -0.05) is 158 Å². The van der Waals surface area contributed by atoms with Gasteiger partial charge in [-0.2, -0.15) is 0 Å². The van der Waals surface area contributed by atoms with Gasteiger partial charge in [-0.15, -0.1) is 0 Å². The molecule has 0 amide bonds. The lowest BCUT2D eigenvalue weighted by atomic mass is 9.91. The zero-order valence-electron chi connectivity index (χ0n) is 38.9. The third kappa shape index (κ3) is 6.23. The van der Waals surface area contributed by atoms with Gasteiger partial charge < -0.3 is 8.83 Å². The molecule has 0 radical (unpaired) electrons. The van der Waals surface area contributed by atoms with Gasteiger partial charge in [-0.25, -0.2) is 15.0 Å². The highest BCUT2D eigenvalue weighted by Gasteiger charge is 2.20. The smallest absolute Gasteiger partial charge is 0.164 e. The van der Waals surface area contributed by atoms with Gasteiger partial charge in [0.2, 0.25) is 0 Å². The Bertz CT molecular complexity index is 3920. The lowest BCUT2D eigenvalue weighted by Crippen LogP contribution is -2.00. The minimum Gasteiger partial charge on any atom is -0.456 e. The normalized spacial score (nSPS) is 12.9. The van der Waals surface area contributed by atoms with Crippen LogP contribution in [0.3, 0.4) is 0 Å². The standard InChI is InChI=1S/C57H35N3O2/c1-5-16-36(17-6-1)41-30-42(37-18-7-2-8-19-37)32-43(31-41)45-25-15-27-50-53(45)47-29-28-40(34-51(47)62-50)56-58-55(39-22-11-4-12-23-39)59-57(60-56)44-33-48(38-20-9-3-10-21-38)54-46-24-13-14-26-49(46)61-52(54)35-44/h1-35H/i15D,25D,27D,28D,29D,34D. The van der Waals surface area contributed by atoms with Crippen LogP contribution in [0.25, 0.3) is 123 Å². The fourth-order valence-corrected chi connectivity index (χ4v) is 8.30. The van der Waals surface area contributed by atoms with Gasteiger partial charge >= 0.3 is 0 Å². The maximum Gasteiger partial charge on any atom is 0.164 e. The lowest BCUT2D eigenvalue weighted by molar-refractivity contribution is 0.669. The van der Waals surface area contributed by atoms with E-state index >= 15 is 0 Å². The number of para-hydroxylation sites is 1. The van der Waals surface area contributed by atoms with Gasteiger partial charge in [0.15, 0.2) is 17.5 Å². The molecule has 12 rings (SSSR count). The monoisotopic (exact) mass is 799 g/mol. The Morgan fingerprint density at radius 2 is 0.855 bits per heavy atom. The average Bonchev–Trinajstić information content (AvgIpc) is 3.98. The molecule has 0 aliphatic carbocycles. The van der Waals surface area contributed by atoms with Crippen molar-refractivity contribution in [2.45, 2.75) is 0 Å². The number of furan rings is 2. The SMILES string of the molecule is [2H]c1c([2H])c(-c2cc(-c3ccccc3)cc(-c3ccccc3)c2)c2c(oc3c([2H])c(-c4nc(-c5ccccc5)nc(-c5cc(-c6ccccc6)c6c(c5)oc5ccccc56)n4)c([2H])c([2H])c32)c1[2H]. The van der Waals surface area contributed by atoms with Crippen molar-refractivity contribution in [2.24, 2.45) is 0 Å². The van der Waals surface area contributed by atoms with Gasteiger partial charge in [0, 0.05) is 38.2 Å². The van der Waals surface area contributed by atoms with Crippen LogP contribution in [0.5, 0.6) is 0 Å². The summed E-state index contributed by atoms with van der Waals surface area (Å²) in [6.45, 7) is 0. The minimum atomic E-state index is -0.367. The Kier molecular flexibility index (Phi) is 7.05. The van der Waals surface area contributed by atoms with Gasteiger partial charge in [0.1, 0.15) is 22.3 Å². The van der Waals surface area contributed by atoms with E-state index in [0.29, 0.717) is 22.3 Å². The van der Waals surface area contributed by atoms with Gasteiger partial charge in [0.05, 0.1) is 8.22 Å². The van der Waals surface area contributed by atoms with Crippen LogP contribution >= 0.6 is 0 Å². The third-order valence-electron chi connectivity index (χ3n) is 11.2. The highest BCUT2D eigenvalue weighted by molar-refractivity contribution is 6.14. The molecule has 0 unspecified atom stereocenters. The van der Waals surface area contributed by atoms with Crippen molar-refractivity contribution < 1.29 is 17.1 Å². The molecule has 0 bridgehead atoms. The van der Waals surface area contributed by atoms with Gasteiger partial charge in [-0.05, 0) is 99.0 Å². The number of aromatic nitrogens is 3. The molecule has 12 aromatic rings. The van der Waals surface area contributed by atoms with Crippen LogP contribution in [0.1, 0.15) is 8.22 Å². The molecule has 0 fully saturated rings. The van der Waals surface area contributed by atoms with E-state index in [4.69, 9.17) is 26.5 Å². The van der Waals surface area contributed by atoms with Crippen molar-refractivity contribution in [2.75, 3.05) is 0 Å². The summed E-state index contributed by atoms with van der Waals surface area (Å²) in [4.78, 5) is 14.8. The van der Waals surface area contributed by atoms with Gasteiger partial charge in [0.25, 0.3) is 0 Å². The van der Waals surface area contributed by atoms with Crippen LogP contribution in [-0.2, 0) is 0 Å². The summed E-state index contributed by atoms with van der Waals surface area (Å²) < 4.78 is 69.6. The molecule has 0 aliphatic heterocycles. The molecule has 3 aromatic heterocycles. The predicted octanol–water partition coefficient (Wildman–Crippen LogP) is 15.3. The average molecular weight is 800 g/mol. The fourth-order valence-electron chi connectivity index (χ4n) is 8.30. The van der Waals surface area contributed by atoms with Crippen molar-refractivity contribution >= 4 is 43.9 Å². The summed E-state index contributed by atoms with van der Waals surface area (Å²) in [6, 6.07) is 54.9. The quantitative estimate of drug-likeness (QED) is 0.161. The van der Waals surface area contributed by atoms with E-state index in [9.17, 15) is 5.48 Å².